The highest BCUT2D eigenvalue weighted by molar-refractivity contribution is 5.43. The van der Waals surface area contributed by atoms with E-state index < -0.39 is 0 Å². The minimum absolute atomic E-state index is 0.0645. The molecule has 0 saturated carbocycles. The topological polar surface area (TPSA) is 54.3 Å². The third-order valence-corrected chi connectivity index (χ3v) is 3.82. The second-order valence-electron chi connectivity index (χ2n) is 5.30. The van der Waals surface area contributed by atoms with Gasteiger partial charge >= 0.3 is 0 Å². The van der Waals surface area contributed by atoms with Gasteiger partial charge in [0.25, 0.3) is 5.56 Å². The highest BCUT2D eigenvalue weighted by Gasteiger charge is 2.18. The van der Waals surface area contributed by atoms with Gasteiger partial charge in [0.15, 0.2) is 0 Å². The van der Waals surface area contributed by atoms with Crippen LogP contribution < -0.4 is 10.5 Å². The summed E-state index contributed by atoms with van der Waals surface area (Å²) in [5, 5.41) is 4.08. The van der Waals surface area contributed by atoms with E-state index in [1.807, 2.05) is 12.3 Å². The quantitative estimate of drug-likeness (QED) is 0.822. The molecule has 110 valence electrons. The van der Waals surface area contributed by atoms with Gasteiger partial charge < -0.3 is 4.90 Å². The summed E-state index contributed by atoms with van der Waals surface area (Å²) < 4.78 is 1.35. The van der Waals surface area contributed by atoms with Crippen molar-refractivity contribution in [3.63, 3.8) is 0 Å². The van der Waals surface area contributed by atoms with Gasteiger partial charge in [0, 0.05) is 58.2 Å². The van der Waals surface area contributed by atoms with Gasteiger partial charge in [0.1, 0.15) is 0 Å². The van der Waals surface area contributed by atoms with E-state index in [-0.39, 0.29) is 5.56 Å². The lowest BCUT2D eigenvalue weighted by Crippen LogP contribution is -2.46. The second-order valence-corrected chi connectivity index (χ2v) is 5.30. The third kappa shape index (κ3) is 3.28. The molecule has 0 aliphatic carbocycles. The van der Waals surface area contributed by atoms with Crippen LogP contribution in [0.3, 0.4) is 0 Å². The number of aryl methyl sites for hydroxylation is 1. The van der Waals surface area contributed by atoms with Crippen molar-refractivity contribution in [1.82, 2.24) is 19.7 Å². The maximum absolute atomic E-state index is 11.6. The lowest BCUT2D eigenvalue weighted by molar-refractivity contribution is 0.249. The van der Waals surface area contributed by atoms with E-state index in [1.165, 1.54) is 10.2 Å². The number of aromatic nitrogens is 3. The second kappa shape index (κ2) is 6.05. The Morgan fingerprint density at radius 1 is 1.19 bits per heavy atom. The van der Waals surface area contributed by atoms with Crippen molar-refractivity contribution in [2.24, 2.45) is 7.05 Å². The summed E-state index contributed by atoms with van der Waals surface area (Å²) in [6.45, 7) is 4.70. The monoisotopic (exact) mass is 285 g/mol. The van der Waals surface area contributed by atoms with E-state index in [0.29, 0.717) is 0 Å². The van der Waals surface area contributed by atoms with Crippen LogP contribution in [0, 0.1) is 0 Å². The normalized spacial score (nSPS) is 16.1. The molecule has 2 aromatic heterocycles. The molecule has 21 heavy (non-hydrogen) atoms. The van der Waals surface area contributed by atoms with Gasteiger partial charge in [-0.25, -0.2) is 4.68 Å². The van der Waals surface area contributed by atoms with Crippen molar-refractivity contribution in [1.29, 1.82) is 0 Å². The number of hydrogen-bond donors (Lipinski definition) is 0. The Bertz CT molecular complexity index is 647. The molecule has 3 rings (SSSR count). The molecular formula is C15H19N5O. The van der Waals surface area contributed by atoms with E-state index in [2.05, 4.69) is 25.9 Å². The molecule has 6 heteroatoms. The molecule has 1 fully saturated rings. The number of rotatable bonds is 3. The fourth-order valence-corrected chi connectivity index (χ4v) is 2.55. The average molecular weight is 285 g/mol. The molecule has 6 nitrogen and oxygen atoms in total. The molecule has 0 bridgehead atoms. The van der Waals surface area contributed by atoms with Gasteiger partial charge in [-0.05, 0) is 11.6 Å². The summed E-state index contributed by atoms with van der Waals surface area (Å²) in [7, 11) is 1.66. The van der Waals surface area contributed by atoms with Crippen molar-refractivity contribution in [2.75, 3.05) is 31.1 Å². The minimum atomic E-state index is -0.0645. The smallest absolute Gasteiger partial charge is 0.268 e. The van der Waals surface area contributed by atoms with Crippen LogP contribution in [0.4, 0.5) is 5.69 Å². The van der Waals surface area contributed by atoms with Crippen LogP contribution in [0.5, 0.6) is 0 Å². The van der Waals surface area contributed by atoms with Crippen molar-refractivity contribution in [3.05, 3.63) is 52.7 Å². The molecule has 0 radical (unpaired) electrons. The molecule has 0 amide bonds. The van der Waals surface area contributed by atoms with Gasteiger partial charge in [0.2, 0.25) is 0 Å². The first kappa shape index (κ1) is 13.8. The fourth-order valence-electron chi connectivity index (χ4n) is 2.55. The van der Waals surface area contributed by atoms with E-state index >= 15 is 0 Å². The fraction of sp³-hybridized carbons (Fsp3) is 0.400. The summed E-state index contributed by atoms with van der Waals surface area (Å²) in [6, 6.07) is 5.73. The Kier molecular flexibility index (Phi) is 3.96. The summed E-state index contributed by atoms with van der Waals surface area (Å²) in [4.78, 5) is 20.4. The summed E-state index contributed by atoms with van der Waals surface area (Å²) in [5.74, 6) is 0. The number of pyridine rings is 1. The molecule has 0 spiro atoms. The number of nitrogens with zero attached hydrogens (tertiary/aromatic N) is 5. The standard InChI is InChI=1S/C15H19N5O/c1-18-15(21)9-14(11-17-18)20-7-5-19(6-8-20)12-13-3-2-4-16-10-13/h2-4,9-11H,5-8,12H2,1H3. The van der Waals surface area contributed by atoms with Crippen molar-refractivity contribution >= 4 is 5.69 Å². The first-order chi connectivity index (χ1) is 10.2. The van der Waals surface area contributed by atoms with E-state index in [0.717, 1.165) is 38.4 Å². The molecule has 0 atom stereocenters. The zero-order valence-electron chi connectivity index (χ0n) is 12.1. The van der Waals surface area contributed by atoms with Gasteiger partial charge in [0.05, 0.1) is 11.9 Å². The summed E-state index contributed by atoms with van der Waals surface area (Å²) >= 11 is 0. The van der Waals surface area contributed by atoms with Crippen molar-refractivity contribution in [3.8, 4) is 0 Å². The predicted octanol–water partition coefficient (Wildman–Crippen LogP) is 0.498. The number of piperazine rings is 1. The van der Waals surface area contributed by atoms with E-state index in [4.69, 9.17) is 0 Å². The van der Waals surface area contributed by atoms with E-state index in [1.54, 1.807) is 25.5 Å². The van der Waals surface area contributed by atoms with Crippen LogP contribution in [0.1, 0.15) is 5.56 Å². The Morgan fingerprint density at radius 3 is 2.67 bits per heavy atom. The maximum Gasteiger partial charge on any atom is 0.268 e. The number of hydrogen-bond acceptors (Lipinski definition) is 5. The van der Waals surface area contributed by atoms with Crippen LogP contribution in [0.25, 0.3) is 0 Å². The largest absolute Gasteiger partial charge is 0.368 e. The molecule has 0 unspecified atom stereocenters. The molecule has 1 aliphatic rings. The van der Waals surface area contributed by atoms with Gasteiger partial charge in [-0.1, -0.05) is 6.07 Å². The Labute approximate surface area is 123 Å². The first-order valence-electron chi connectivity index (χ1n) is 7.12. The van der Waals surface area contributed by atoms with Crippen LogP contribution in [0.15, 0.2) is 41.6 Å². The Balaban J connectivity index is 1.60. The zero-order valence-corrected chi connectivity index (χ0v) is 12.1. The highest BCUT2D eigenvalue weighted by Crippen LogP contribution is 2.14. The lowest BCUT2D eigenvalue weighted by Gasteiger charge is -2.35. The SMILES string of the molecule is Cn1ncc(N2CCN(Cc3cccnc3)CC2)cc1=O. The molecule has 2 aromatic rings. The maximum atomic E-state index is 11.6. The first-order valence-corrected chi connectivity index (χ1v) is 7.12. The summed E-state index contributed by atoms with van der Waals surface area (Å²) in [6.07, 6.45) is 5.47. The highest BCUT2D eigenvalue weighted by atomic mass is 16.1. The predicted molar refractivity (Wildman–Crippen MR) is 81.2 cm³/mol. The molecule has 1 aliphatic heterocycles. The average Bonchev–Trinajstić information content (AvgIpc) is 2.52. The molecule has 1 saturated heterocycles. The Hall–Kier alpha value is -2.21. The number of anilines is 1. The zero-order chi connectivity index (χ0) is 14.7. The van der Waals surface area contributed by atoms with Gasteiger partial charge in [-0.3, -0.25) is 14.7 Å². The van der Waals surface area contributed by atoms with Crippen molar-refractivity contribution in [2.45, 2.75) is 6.54 Å². The van der Waals surface area contributed by atoms with Crippen molar-refractivity contribution < 1.29 is 0 Å². The van der Waals surface area contributed by atoms with E-state index in [9.17, 15) is 4.79 Å². The molecule has 3 heterocycles. The summed E-state index contributed by atoms with van der Waals surface area (Å²) in [5.41, 5.74) is 2.09. The molecular weight excluding hydrogens is 266 g/mol. The molecule has 0 N–H and O–H groups in total. The van der Waals surface area contributed by atoms with Gasteiger partial charge in [-0.15, -0.1) is 0 Å². The van der Waals surface area contributed by atoms with Crippen LogP contribution in [0.2, 0.25) is 0 Å². The van der Waals surface area contributed by atoms with Crippen LogP contribution in [-0.2, 0) is 13.6 Å². The third-order valence-electron chi connectivity index (χ3n) is 3.82. The lowest BCUT2D eigenvalue weighted by atomic mass is 10.2. The van der Waals surface area contributed by atoms with Crippen LogP contribution >= 0.6 is 0 Å². The van der Waals surface area contributed by atoms with Crippen LogP contribution in [-0.4, -0.2) is 45.8 Å². The Morgan fingerprint density at radius 2 is 2.00 bits per heavy atom. The molecule has 0 aromatic carbocycles. The minimum Gasteiger partial charge on any atom is -0.368 e. The van der Waals surface area contributed by atoms with Gasteiger partial charge in [-0.2, -0.15) is 5.10 Å².